The van der Waals surface area contributed by atoms with E-state index in [2.05, 4.69) is 5.32 Å². The Morgan fingerprint density at radius 3 is 2.43 bits per heavy atom. The van der Waals surface area contributed by atoms with Crippen LogP contribution in [-0.4, -0.2) is 25.5 Å². The van der Waals surface area contributed by atoms with Crippen LogP contribution >= 0.6 is 0 Å². The highest BCUT2D eigenvalue weighted by atomic mass is 32.2. The van der Waals surface area contributed by atoms with Gasteiger partial charge in [-0.05, 0) is 31.2 Å². The zero-order chi connectivity index (χ0) is 17.2. The summed E-state index contributed by atoms with van der Waals surface area (Å²) in [6, 6.07) is 9.94. The molecule has 120 valence electrons. The van der Waals surface area contributed by atoms with Crippen LogP contribution in [0.5, 0.6) is 0 Å². The molecule has 1 N–H and O–H groups in total. The molecule has 0 aliphatic carbocycles. The van der Waals surface area contributed by atoms with Gasteiger partial charge in [-0.3, -0.25) is 14.9 Å². The van der Waals surface area contributed by atoms with Gasteiger partial charge >= 0.3 is 0 Å². The van der Waals surface area contributed by atoms with Crippen LogP contribution in [0.3, 0.4) is 0 Å². The van der Waals surface area contributed by atoms with E-state index in [-0.39, 0.29) is 16.1 Å². The largest absolute Gasteiger partial charge is 0.321 e. The van der Waals surface area contributed by atoms with Crippen LogP contribution in [0.4, 0.5) is 11.4 Å². The number of nitro groups is 1. The molecule has 0 unspecified atom stereocenters. The predicted octanol–water partition coefficient (Wildman–Crippen LogP) is 2.56. The van der Waals surface area contributed by atoms with Gasteiger partial charge in [-0.15, -0.1) is 0 Å². The molecule has 0 fully saturated rings. The zero-order valence-electron chi connectivity index (χ0n) is 12.4. The maximum Gasteiger partial charge on any atom is 0.274 e. The summed E-state index contributed by atoms with van der Waals surface area (Å²) in [7, 11) is -3.43. The molecule has 2 aromatic rings. The quantitative estimate of drug-likeness (QED) is 0.683. The van der Waals surface area contributed by atoms with Gasteiger partial charge in [0.2, 0.25) is 0 Å². The van der Waals surface area contributed by atoms with E-state index in [1.54, 1.807) is 6.07 Å². The summed E-state index contributed by atoms with van der Waals surface area (Å²) < 4.78 is 23.1. The average molecular weight is 334 g/mol. The third-order valence-corrected chi connectivity index (χ3v) is 4.38. The number of amides is 1. The normalized spacial score (nSPS) is 11.0. The van der Waals surface area contributed by atoms with Crippen LogP contribution in [0.2, 0.25) is 0 Å². The lowest BCUT2D eigenvalue weighted by Gasteiger charge is -2.09. The molecule has 0 saturated heterocycles. The molecule has 8 heteroatoms. The number of benzene rings is 2. The maximum absolute atomic E-state index is 12.3. The first-order valence-electron chi connectivity index (χ1n) is 6.55. The summed E-state index contributed by atoms with van der Waals surface area (Å²) >= 11 is 0. The number of carbonyl (C=O) groups excluding carboxylic acids is 1. The standard InChI is InChI=1S/C15H14N2O5S/c1-10-13(7-4-8-14(10)17(19)20)16-15(18)11-5-3-6-12(9-11)23(2,21)22/h3-9H,1-2H3,(H,16,18). The fourth-order valence-electron chi connectivity index (χ4n) is 2.02. The Hall–Kier alpha value is -2.74. The van der Waals surface area contributed by atoms with Crippen LogP contribution in [0.1, 0.15) is 15.9 Å². The highest BCUT2D eigenvalue weighted by Gasteiger charge is 2.16. The molecule has 2 rings (SSSR count). The summed E-state index contributed by atoms with van der Waals surface area (Å²) in [5.74, 6) is -0.543. The predicted molar refractivity (Wildman–Crippen MR) is 85.3 cm³/mol. The summed E-state index contributed by atoms with van der Waals surface area (Å²) in [5.41, 5.74) is 0.672. The first-order chi connectivity index (χ1) is 10.7. The molecule has 0 radical (unpaired) electrons. The minimum absolute atomic E-state index is 0.0286. The molecule has 2 aromatic carbocycles. The fourth-order valence-corrected chi connectivity index (χ4v) is 2.69. The molecule has 0 aliphatic heterocycles. The van der Waals surface area contributed by atoms with Gasteiger partial charge in [-0.25, -0.2) is 8.42 Å². The molecule has 0 aliphatic rings. The second-order valence-electron chi connectivity index (χ2n) is 4.96. The molecule has 1 amide bonds. The average Bonchev–Trinajstić information content (AvgIpc) is 2.48. The number of sulfone groups is 1. The molecule has 0 aromatic heterocycles. The summed E-state index contributed by atoms with van der Waals surface area (Å²) in [6.45, 7) is 1.53. The number of hydrogen-bond acceptors (Lipinski definition) is 5. The van der Waals surface area contributed by atoms with Crippen molar-refractivity contribution in [1.29, 1.82) is 0 Å². The van der Waals surface area contributed by atoms with Crippen molar-refractivity contribution in [1.82, 2.24) is 0 Å². The molecule has 0 spiro atoms. The SMILES string of the molecule is Cc1c(NC(=O)c2cccc(S(C)(=O)=O)c2)cccc1[N+](=O)[O-]. The number of nitrogens with zero attached hydrogens (tertiary/aromatic N) is 1. The van der Waals surface area contributed by atoms with E-state index < -0.39 is 20.7 Å². The van der Waals surface area contributed by atoms with Crippen molar-refractivity contribution in [3.05, 3.63) is 63.7 Å². The van der Waals surface area contributed by atoms with Gasteiger partial charge in [0.25, 0.3) is 11.6 Å². The lowest BCUT2D eigenvalue weighted by atomic mass is 10.1. The summed E-state index contributed by atoms with van der Waals surface area (Å²) in [6.07, 6.45) is 1.05. The number of carbonyl (C=O) groups is 1. The van der Waals surface area contributed by atoms with E-state index in [1.165, 1.54) is 43.3 Å². The van der Waals surface area contributed by atoms with Crippen molar-refractivity contribution >= 4 is 27.1 Å². The van der Waals surface area contributed by atoms with E-state index in [0.29, 0.717) is 11.3 Å². The van der Waals surface area contributed by atoms with E-state index in [0.717, 1.165) is 6.26 Å². The van der Waals surface area contributed by atoms with Gasteiger partial charge in [0.1, 0.15) is 0 Å². The Labute approximate surface area is 133 Å². The Balaban J connectivity index is 2.34. The second-order valence-corrected chi connectivity index (χ2v) is 6.98. The molecule has 0 saturated carbocycles. The highest BCUT2D eigenvalue weighted by molar-refractivity contribution is 7.90. The Bertz CT molecular complexity index is 890. The van der Waals surface area contributed by atoms with Gasteiger partial charge in [0.05, 0.1) is 21.1 Å². The van der Waals surface area contributed by atoms with Crippen molar-refractivity contribution in [2.45, 2.75) is 11.8 Å². The molecule has 7 nitrogen and oxygen atoms in total. The lowest BCUT2D eigenvalue weighted by Crippen LogP contribution is -2.14. The second kappa shape index (κ2) is 6.17. The summed E-state index contributed by atoms with van der Waals surface area (Å²) in [5, 5.41) is 13.5. The van der Waals surface area contributed by atoms with Crippen LogP contribution < -0.4 is 5.32 Å². The molecular formula is C15H14N2O5S. The van der Waals surface area contributed by atoms with Crippen LogP contribution in [0.15, 0.2) is 47.4 Å². The number of nitro benzene ring substituents is 1. The number of anilines is 1. The van der Waals surface area contributed by atoms with Crippen LogP contribution in [-0.2, 0) is 9.84 Å². The van der Waals surface area contributed by atoms with Gasteiger partial charge in [-0.1, -0.05) is 12.1 Å². The summed E-state index contributed by atoms with van der Waals surface area (Å²) in [4.78, 5) is 22.7. The highest BCUT2D eigenvalue weighted by Crippen LogP contribution is 2.25. The Morgan fingerprint density at radius 1 is 1.17 bits per heavy atom. The first-order valence-corrected chi connectivity index (χ1v) is 8.45. The monoisotopic (exact) mass is 334 g/mol. The number of nitrogens with one attached hydrogen (secondary N) is 1. The molecule has 0 bridgehead atoms. The van der Waals surface area contributed by atoms with Gasteiger partial charge in [0, 0.05) is 17.9 Å². The molecule has 23 heavy (non-hydrogen) atoms. The van der Waals surface area contributed by atoms with Gasteiger partial charge < -0.3 is 5.32 Å². The number of rotatable bonds is 4. The number of hydrogen-bond donors (Lipinski definition) is 1. The van der Waals surface area contributed by atoms with E-state index in [4.69, 9.17) is 0 Å². The topological polar surface area (TPSA) is 106 Å². The Kier molecular flexibility index (Phi) is 4.46. The molecule has 0 heterocycles. The van der Waals surface area contributed by atoms with E-state index in [1.807, 2.05) is 0 Å². The zero-order valence-corrected chi connectivity index (χ0v) is 13.3. The van der Waals surface area contributed by atoms with E-state index in [9.17, 15) is 23.3 Å². The van der Waals surface area contributed by atoms with Crippen molar-refractivity contribution in [2.75, 3.05) is 11.6 Å². The van der Waals surface area contributed by atoms with Gasteiger partial charge in [0.15, 0.2) is 9.84 Å². The van der Waals surface area contributed by atoms with Crippen LogP contribution in [0, 0.1) is 17.0 Å². The first kappa shape index (κ1) is 16.6. The minimum Gasteiger partial charge on any atom is -0.321 e. The van der Waals surface area contributed by atoms with Crippen molar-refractivity contribution in [3.8, 4) is 0 Å². The smallest absolute Gasteiger partial charge is 0.274 e. The molecule has 0 atom stereocenters. The van der Waals surface area contributed by atoms with Gasteiger partial charge in [-0.2, -0.15) is 0 Å². The Morgan fingerprint density at radius 2 is 1.83 bits per heavy atom. The third-order valence-electron chi connectivity index (χ3n) is 3.27. The van der Waals surface area contributed by atoms with Crippen molar-refractivity contribution in [3.63, 3.8) is 0 Å². The van der Waals surface area contributed by atoms with Crippen molar-refractivity contribution in [2.24, 2.45) is 0 Å². The lowest BCUT2D eigenvalue weighted by molar-refractivity contribution is -0.385. The van der Waals surface area contributed by atoms with E-state index >= 15 is 0 Å². The van der Waals surface area contributed by atoms with Crippen LogP contribution in [0.25, 0.3) is 0 Å². The molecular weight excluding hydrogens is 320 g/mol. The third kappa shape index (κ3) is 3.72. The maximum atomic E-state index is 12.3. The van der Waals surface area contributed by atoms with Crippen molar-refractivity contribution < 1.29 is 18.1 Å². The fraction of sp³-hybridized carbons (Fsp3) is 0.133. The minimum atomic E-state index is -3.43.